The fourth-order valence-corrected chi connectivity index (χ4v) is 3.09. The summed E-state index contributed by atoms with van der Waals surface area (Å²) in [5, 5.41) is 4.45. The van der Waals surface area contributed by atoms with Gasteiger partial charge in [-0.3, -0.25) is 9.58 Å². The maximum atomic E-state index is 6.05. The Labute approximate surface area is 122 Å². The van der Waals surface area contributed by atoms with E-state index in [4.69, 9.17) is 5.73 Å². The number of hydrogen-bond acceptors (Lipinski definition) is 4. The highest BCUT2D eigenvalue weighted by Crippen LogP contribution is 2.23. The molecule has 0 spiro atoms. The molecule has 1 fully saturated rings. The van der Waals surface area contributed by atoms with E-state index in [1.165, 1.54) is 12.0 Å². The first kappa shape index (κ1) is 15.5. The van der Waals surface area contributed by atoms with Gasteiger partial charge in [0.1, 0.15) is 0 Å². The number of nitrogens with two attached hydrogens (primary N) is 1. The number of piperazine rings is 1. The summed E-state index contributed by atoms with van der Waals surface area (Å²) in [5.41, 5.74) is 7.31. The van der Waals surface area contributed by atoms with Gasteiger partial charge in [-0.2, -0.15) is 5.10 Å². The van der Waals surface area contributed by atoms with Crippen molar-refractivity contribution in [3.05, 3.63) is 18.0 Å². The Morgan fingerprint density at radius 3 is 2.85 bits per heavy atom. The third-order valence-electron chi connectivity index (χ3n) is 4.43. The van der Waals surface area contributed by atoms with Crippen LogP contribution >= 0.6 is 0 Å². The highest BCUT2D eigenvalue weighted by atomic mass is 15.3. The molecular weight excluding hydrogens is 250 g/mol. The first-order valence-corrected chi connectivity index (χ1v) is 7.86. The van der Waals surface area contributed by atoms with Crippen molar-refractivity contribution in [3.63, 3.8) is 0 Å². The normalized spacial score (nSPS) is 23.1. The molecule has 1 saturated heterocycles. The van der Waals surface area contributed by atoms with Crippen LogP contribution in [0.5, 0.6) is 0 Å². The van der Waals surface area contributed by atoms with Gasteiger partial charge in [0.25, 0.3) is 0 Å². The van der Waals surface area contributed by atoms with Gasteiger partial charge < -0.3 is 10.6 Å². The van der Waals surface area contributed by atoms with Gasteiger partial charge >= 0.3 is 0 Å². The topological polar surface area (TPSA) is 50.3 Å². The van der Waals surface area contributed by atoms with Crippen LogP contribution < -0.4 is 5.73 Å². The van der Waals surface area contributed by atoms with Crippen LogP contribution in [-0.2, 0) is 6.54 Å². The minimum Gasteiger partial charge on any atom is -0.329 e. The third kappa shape index (κ3) is 3.40. The Bertz CT molecular complexity index is 403. The molecule has 1 aliphatic rings. The monoisotopic (exact) mass is 279 g/mol. The molecule has 2 N–H and O–H groups in total. The minimum atomic E-state index is 0.309. The van der Waals surface area contributed by atoms with Gasteiger partial charge in [0.05, 0.1) is 12.2 Å². The lowest BCUT2D eigenvalue weighted by Crippen LogP contribution is -2.53. The predicted molar refractivity (Wildman–Crippen MR) is 82.6 cm³/mol. The molecule has 0 aliphatic carbocycles. The SMILES string of the molecule is CCCn1cc(C(CN)N2CCN(C)C(CC)C2)cn1. The standard InChI is InChI=1S/C15H29N5/c1-4-6-20-11-13(10-17-20)15(9-16)19-8-7-18(3)14(5-2)12-19/h10-11,14-15H,4-9,12,16H2,1-3H3. The van der Waals surface area contributed by atoms with Gasteiger partial charge in [-0.25, -0.2) is 0 Å². The zero-order valence-electron chi connectivity index (χ0n) is 13.1. The van der Waals surface area contributed by atoms with Crippen LogP contribution in [0.15, 0.2) is 12.4 Å². The van der Waals surface area contributed by atoms with Crippen molar-refractivity contribution in [3.8, 4) is 0 Å². The van der Waals surface area contributed by atoms with Crippen LogP contribution in [0.2, 0.25) is 0 Å². The fraction of sp³-hybridized carbons (Fsp3) is 0.800. The van der Waals surface area contributed by atoms with Crippen molar-refractivity contribution in [1.29, 1.82) is 0 Å². The molecule has 0 amide bonds. The first-order valence-electron chi connectivity index (χ1n) is 7.86. The van der Waals surface area contributed by atoms with Crippen LogP contribution in [0.1, 0.15) is 38.3 Å². The van der Waals surface area contributed by atoms with E-state index in [0.717, 1.165) is 32.6 Å². The molecule has 0 bridgehead atoms. The number of hydrogen-bond donors (Lipinski definition) is 1. The summed E-state index contributed by atoms with van der Waals surface area (Å²) in [6.07, 6.45) is 6.47. The smallest absolute Gasteiger partial charge is 0.0538 e. The lowest BCUT2D eigenvalue weighted by molar-refractivity contribution is 0.0643. The van der Waals surface area contributed by atoms with Gasteiger partial charge in [0.2, 0.25) is 0 Å². The second-order valence-electron chi connectivity index (χ2n) is 5.83. The van der Waals surface area contributed by atoms with Crippen molar-refractivity contribution < 1.29 is 0 Å². The number of aromatic nitrogens is 2. The van der Waals surface area contributed by atoms with Gasteiger partial charge in [-0.1, -0.05) is 13.8 Å². The second-order valence-corrected chi connectivity index (χ2v) is 5.83. The van der Waals surface area contributed by atoms with E-state index in [1.807, 2.05) is 10.9 Å². The van der Waals surface area contributed by atoms with E-state index in [0.29, 0.717) is 18.6 Å². The number of aryl methyl sites for hydroxylation is 1. The summed E-state index contributed by atoms with van der Waals surface area (Å²) in [4.78, 5) is 4.99. The lowest BCUT2D eigenvalue weighted by Gasteiger charge is -2.42. The van der Waals surface area contributed by atoms with E-state index in [2.05, 4.69) is 42.0 Å². The molecular formula is C15H29N5. The molecule has 2 atom stereocenters. The Morgan fingerprint density at radius 2 is 2.20 bits per heavy atom. The molecule has 5 nitrogen and oxygen atoms in total. The molecule has 2 unspecified atom stereocenters. The molecule has 1 aromatic heterocycles. The first-order chi connectivity index (χ1) is 9.69. The Balaban J connectivity index is 2.06. The summed E-state index contributed by atoms with van der Waals surface area (Å²) in [6, 6.07) is 0.951. The molecule has 0 radical (unpaired) electrons. The maximum Gasteiger partial charge on any atom is 0.0538 e. The largest absolute Gasteiger partial charge is 0.329 e. The molecule has 5 heteroatoms. The lowest BCUT2D eigenvalue weighted by atomic mass is 10.0. The van der Waals surface area contributed by atoms with Crippen LogP contribution in [-0.4, -0.2) is 58.8 Å². The van der Waals surface area contributed by atoms with Gasteiger partial charge in [0.15, 0.2) is 0 Å². The number of nitrogens with zero attached hydrogens (tertiary/aromatic N) is 4. The quantitative estimate of drug-likeness (QED) is 0.853. The molecule has 0 aromatic carbocycles. The number of rotatable bonds is 6. The van der Waals surface area contributed by atoms with Crippen molar-refractivity contribution in [2.45, 2.75) is 45.3 Å². The Kier molecular flexibility index (Phi) is 5.57. The van der Waals surface area contributed by atoms with Gasteiger partial charge in [0, 0.05) is 50.5 Å². The van der Waals surface area contributed by atoms with Crippen molar-refractivity contribution in [2.75, 3.05) is 33.2 Å². The van der Waals surface area contributed by atoms with Crippen LogP contribution in [0.3, 0.4) is 0 Å². The summed E-state index contributed by atoms with van der Waals surface area (Å²) >= 11 is 0. The summed E-state index contributed by atoms with van der Waals surface area (Å²) in [5.74, 6) is 0. The Hall–Kier alpha value is -0.910. The van der Waals surface area contributed by atoms with Crippen molar-refractivity contribution in [2.24, 2.45) is 5.73 Å². The zero-order chi connectivity index (χ0) is 14.5. The Morgan fingerprint density at radius 1 is 1.40 bits per heavy atom. The maximum absolute atomic E-state index is 6.05. The van der Waals surface area contributed by atoms with E-state index < -0.39 is 0 Å². The van der Waals surface area contributed by atoms with E-state index in [1.54, 1.807) is 0 Å². The van der Waals surface area contributed by atoms with Crippen LogP contribution in [0.25, 0.3) is 0 Å². The fourth-order valence-electron chi connectivity index (χ4n) is 3.09. The van der Waals surface area contributed by atoms with E-state index in [9.17, 15) is 0 Å². The molecule has 0 saturated carbocycles. The highest BCUT2D eigenvalue weighted by Gasteiger charge is 2.28. The average molecular weight is 279 g/mol. The predicted octanol–water partition coefficient (Wildman–Crippen LogP) is 1.32. The van der Waals surface area contributed by atoms with Gasteiger partial charge in [-0.15, -0.1) is 0 Å². The van der Waals surface area contributed by atoms with E-state index >= 15 is 0 Å². The highest BCUT2D eigenvalue weighted by molar-refractivity contribution is 5.12. The van der Waals surface area contributed by atoms with E-state index in [-0.39, 0.29) is 0 Å². The summed E-state index contributed by atoms with van der Waals surface area (Å²) in [7, 11) is 2.22. The summed E-state index contributed by atoms with van der Waals surface area (Å²) in [6.45, 7) is 9.41. The average Bonchev–Trinajstić information content (AvgIpc) is 2.90. The summed E-state index contributed by atoms with van der Waals surface area (Å²) < 4.78 is 2.03. The second kappa shape index (κ2) is 7.20. The molecule has 2 heterocycles. The van der Waals surface area contributed by atoms with Crippen LogP contribution in [0, 0.1) is 0 Å². The zero-order valence-corrected chi connectivity index (χ0v) is 13.1. The molecule has 2 rings (SSSR count). The molecule has 1 aromatic rings. The number of likely N-dealkylation sites (N-methyl/N-ethyl adjacent to an activating group) is 1. The van der Waals surface area contributed by atoms with Crippen molar-refractivity contribution >= 4 is 0 Å². The third-order valence-corrected chi connectivity index (χ3v) is 4.43. The van der Waals surface area contributed by atoms with Crippen molar-refractivity contribution in [1.82, 2.24) is 19.6 Å². The molecule has 1 aliphatic heterocycles. The minimum absolute atomic E-state index is 0.309. The molecule has 114 valence electrons. The molecule has 20 heavy (non-hydrogen) atoms. The van der Waals surface area contributed by atoms with Crippen LogP contribution in [0.4, 0.5) is 0 Å². The van der Waals surface area contributed by atoms with Gasteiger partial charge in [-0.05, 0) is 19.9 Å².